The van der Waals surface area contributed by atoms with Gasteiger partial charge in [-0.1, -0.05) is 48.9 Å². The topological polar surface area (TPSA) is 49.4 Å². The number of hydrogen-bond acceptors (Lipinski definition) is 2. The van der Waals surface area contributed by atoms with Crippen LogP contribution in [0.2, 0.25) is 5.02 Å². The number of amides is 2. The Morgan fingerprint density at radius 2 is 1.75 bits per heavy atom. The zero-order valence-corrected chi connectivity index (χ0v) is 17.2. The number of nitrogens with one attached hydrogen (secondary N) is 1. The Morgan fingerprint density at radius 3 is 2.36 bits per heavy atom. The lowest BCUT2D eigenvalue weighted by atomic mass is 10.1. The lowest BCUT2D eigenvalue weighted by Gasteiger charge is -2.30. The molecule has 0 spiro atoms. The van der Waals surface area contributed by atoms with Crippen molar-refractivity contribution in [1.82, 2.24) is 10.2 Å². The Bertz CT molecular complexity index is 810. The van der Waals surface area contributed by atoms with E-state index in [1.54, 1.807) is 37.3 Å². The molecule has 1 N–H and O–H groups in total. The van der Waals surface area contributed by atoms with Crippen molar-refractivity contribution >= 4 is 23.4 Å². The summed E-state index contributed by atoms with van der Waals surface area (Å²) in [6.07, 6.45) is 0.881. The minimum absolute atomic E-state index is 0.0151. The molecule has 2 rings (SSSR count). The fourth-order valence-corrected chi connectivity index (χ4v) is 2.94. The van der Waals surface area contributed by atoms with E-state index >= 15 is 0 Å². The Balaban J connectivity index is 2.23. The van der Waals surface area contributed by atoms with Crippen LogP contribution in [-0.2, 0) is 22.6 Å². The standard InChI is InChI=1S/C22H26ClFN2O2/c1-4-15(2)25-22(28)16(3)26(14-17-9-11-19(24)12-10-17)21(27)13-18-7-5-6-8-20(18)23/h5-12,15-16H,4,13-14H2,1-3H3,(H,25,28)/t15-,16-/m0/s1. The summed E-state index contributed by atoms with van der Waals surface area (Å²) in [5.74, 6) is -0.784. The van der Waals surface area contributed by atoms with Crippen LogP contribution in [-0.4, -0.2) is 28.8 Å². The minimum atomic E-state index is -0.672. The fraction of sp³-hybridized carbons (Fsp3) is 0.364. The van der Waals surface area contributed by atoms with Crippen molar-refractivity contribution in [2.45, 2.75) is 52.2 Å². The predicted molar refractivity (Wildman–Crippen MR) is 109 cm³/mol. The van der Waals surface area contributed by atoms with Crippen LogP contribution in [0.15, 0.2) is 48.5 Å². The Labute approximate surface area is 170 Å². The number of carbonyl (C=O) groups excluding carboxylic acids is 2. The molecule has 0 radical (unpaired) electrons. The average molecular weight is 405 g/mol. The highest BCUT2D eigenvalue weighted by Gasteiger charge is 2.27. The second-order valence-corrected chi connectivity index (χ2v) is 7.32. The number of benzene rings is 2. The molecule has 2 aromatic carbocycles. The van der Waals surface area contributed by atoms with Crippen LogP contribution in [0.25, 0.3) is 0 Å². The fourth-order valence-electron chi connectivity index (χ4n) is 2.74. The van der Waals surface area contributed by atoms with Gasteiger partial charge in [0.25, 0.3) is 0 Å². The monoisotopic (exact) mass is 404 g/mol. The average Bonchev–Trinajstić information content (AvgIpc) is 2.68. The molecule has 0 bridgehead atoms. The van der Waals surface area contributed by atoms with E-state index in [1.807, 2.05) is 19.9 Å². The molecule has 0 saturated heterocycles. The van der Waals surface area contributed by atoms with Crippen molar-refractivity contribution in [3.05, 3.63) is 70.5 Å². The lowest BCUT2D eigenvalue weighted by molar-refractivity contribution is -0.140. The van der Waals surface area contributed by atoms with Gasteiger partial charge in [-0.25, -0.2) is 4.39 Å². The first-order valence-corrected chi connectivity index (χ1v) is 9.77. The number of carbonyl (C=O) groups is 2. The smallest absolute Gasteiger partial charge is 0.242 e. The van der Waals surface area contributed by atoms with Gasteiger partial charge < -0.3 is 10.2 Å². The molecular formula is C22H26ClFN2O2. The van der Waals surface area contributed by atoms with Crippen LogP contribution in [0.1, 0.15) is 38.3 Å². The van der Waals surface area contributed by atoms with Crippen molar-refractivity contribution in [3.63, 3.8) is 0 Å². The second-order valence-electron chi connectivity index (χ2n) is 6.91. The summed E-state index contributed by atoms with van der Waals surface area (Å²) in [6, 6.07) is 12.4. The zero-order chi connectivity index (χ0) is 20.7. The Kier molecular flexibility index (Phi) is 8.00. The molecule has 0 saturated carbocycles. The summed E-state index contributed by atoms with van der Waals surface area (Å²) >= 11 is 6.19. The van der Waals surface area contributed by atoms with E-state index in [1.165, 1.54) is 17.0 Å². The third-order valence-electron chi connectivity index (χ3n) is 4.73. The van der Waals surface area contributed by atoms with E-state index in [-0.39, 0.29) is 36.6 Å². The van der Waals surface area contributed by atoms with Gasteiger partial charge in [0.15, 0.2) is 0 Å². The highest BCUT2D eigenvalue weighted by molar-refractivity contribution is 6.31. The van der Waals surface area contributed by atoms with Crippen molar-refractivity contribution in [1.29, 1.82) is 0 Å². The molecule has 0 unspecified atom stereocenters. The Morgan fingerprint density at radius 1 is 1.11 bits per heavy atom. The third-order valence-corrected chi connectivity index (χ3v) is 5.10. The lowest BCUT2D eigenvalue weighted by Crippen LogP contribution is -2.49. The molecule has 0 aliphatic heterocycles. The van der Waals surface area contributed by atoms with Gasteiger partial charge in [0.1, 0.15) is 11.9 Å². The molecule has 0 fully saturated rings. The number of rotatable bonds is 8. The van der Waals surface area contributed by atoms with Crippen molar-refractivity contribution in [2.75, 3.05) is 0 Å². The summed E-state index contributed by atoms with van der Waals surface area (Å²) in [7, 11) is 0. The molecule has 2 aromatic rings. The van der Waals surface area contributed by atoms with Crippen LogP contribution in [0.3, 0.4) is 0 Å². The zero-order valence-electron chi connectivity index (χ0n) is 16.4. The van der Waals surface area contributed by atoms with Crippen molar-refractivity contribution < 1.29 is 14.0 Å². The van der Waals surface area contributed by atoms with E-state index < -0.39 is 6.04 Å². The van der Waals surface area contributed by atoms with E-state index in [2.05, 4.69) is 5.32 Å². The molecule has 0 aromatic heterocycles. The molecular weight excluding hydrogens is 379 g/mol. The molecule has 2 atom stereocenters. The molecule has 28 heavy (non-hydrogen) atoms. The van der Waals surface area contributed by atoms with Crippen molar-refractivity contribution in [2.24, 2.45) is 0 Å². The van der Waals surface area contributed by atoms with Gasteiger partial charge in [-0.3, -0.25) is 9.59 Å². The number of hydrogen-bond donors (Lipinski definition) is 1. The van der Waals surface area contributed by atoms with E-state index in [0.717, 1.165) is 12.0 Å². The molecule has 4 nitrogen and oxygen atoms in total. The summed E-state index contributed by atoms with van der Waals surface area (Å²) in [6.45, 7) is 5.80. The van der Waals surface area contributed by atoms with Gasteiger partial charge in [0.05, 0.1) is 6.42 Å². The Hall–Kier alpha value is -2.40. The number of nitrogens with zero attached hydrogens (tertiary/aromatic N) is 1. The van der Waals surface area contributed by atoms with Crippen LogP contribution < -0.4 is 5.32 Å². The van der Waals surface area contributed by atoms with Crippen LogP contribution in [0.5, 0.6) is 0 Å². The first-order chi connectivity index (χ1) is 13.3. The first kappa shape index (κ1) is 21.9. The maximum Gasteiger partial charge on any atom is 0.242 e. The van der Waals surface area contributed by atoms with Gasteiger partial charge in [-0.15, -0.1) is 0 Å². The normalized spacial score (nSPS) is 12.9. The molecule has 6 heteroatoms. The summed E-state index contributed by atoms with van der Waals surface area (Å²) < 4.78 is 13.2. The van der Waals surface area contributed by atoms with E-state index in [0.29, 0.717) is 10.6 Å². The van der Waals surface area contributed by atoms with Gasteiger partial charge in [0, 0.05) is 17.6 Å². The summed E-state index contributed by atoms with van der Waals surface area (Å²) in [5.41, 5.74) is 1.45. The summed E-state index contributed by atoms with van der Waals surface area (Å²) in [4.78, 5) is 27.2. The first-order valence-electron chi connectivity index (χ1n) is 9.39. The van der Waals surface area contributed by atoms with Crippen LogP contribution in [0.4, 0.5) is 4.39 Å². The highest BCUT2D eigenvalue weighted by Crippen LogP contribution is 2.18. The largest absolute Gasteiger partial charge is 0.352 e. The third kappa shape index (κ3) is 6.06. The molecule has 0 heterocycles. The summed E-state index contributed by atoms with van der Waals surface area (Å²) in [5, 5.41) is 3.42. The van der Waals surface area contributed by atoms with Gasteiger partial charge in [0.2, 0.25) is 11.8 Å². The maximum absolute atomic E-state index is 13.2. The van der Waals surface area contributed by atoms with Crippen LogP contribution in [0, 0.1) is 5.82 Å². The van der Waals surface area contributed by atoms with E-state index in [9.17, 15) is 14.0 Å². The van der Waals surface area contributed by atoms with Gasteiger partial charge in [-0.2, -0.15) is 0 Å². The van der Waals surface area contributed by atoms with E-state index in [4.69, 9.17) is 11.6 Å². The molecule has 150 valence electrons. The molecule has 0 aliphatic rings. The van der Waals surface area contributed by atoms with Gasteiger partial charge in [-0.05, 0) is 49.6 Å². The highest BCUT2D eigenvalue weighted by atomic mass is 35.5. The maximum atomic E-state index is 13.2. The minimum Gasteiger partial charge on any atom is -0.352 e. The molecule has 2 amide bonds. The second kappa shape index (κ2) is 10.2. The molecule has 0 aliphatic carbocycles. The SMILES string of the molecule is CC[C@H](C)NC(=O)[C@H](C)N(Cc1ccc(F)cc1)C(=O)Cc1ccccc1Cl. The van der Waals surface area contributed by atoms with Crippen molar-refractivity contribution in [3.8, 4) is 0 Å². The van der Waals surface area contributed by atoms with Gasteiger partial charge >= 0.3 is 0 Å². The quantitative estimate of drug-likeness (QED) is 0.710. The predicted octanol–water partition coefficient (Wildman–Crippen LogP) is 4.35. The number of halogens is 2. The van der Waals surface area contributed by atoms with Crippen LogP contribution >= 0.6 is 11.6 Å².